The van der Waals surface area contributed by atoms with Crippen LogP contribution in [0.4, 0.5) is 4.79 Å². The summed E-state index contributed by atoms with van der Waals surface area (Å²) in [5, 5.41) is 9.72. The molecule has 1 aliphatic rings. The molecule has 7 nitrogen and oxygen atoms in total. The number of amides is 1. The van der Waals surface area contributed by atoms with Gasteiger partial charge >= 0.3 is 6.09 Å². The molecule has 1 saturated heterocycles. The highest BCUT2D eigenvalue weighted by Crippen LogP contribution is 2.38. The van der Waals surface area contributed by atoms with E-state index in [2.05, 4.69) is 0 Å². The number of likely N-dealkylation sites (tertiary alicyclic amines) is 1. The lowest BCUT2D eigenvalue weighted by atomic mass is 10.00. The molecule has 0 aromatic carbocycles. The Balaban J connectivity index is 3.16. The van der Waals surface area contributed by atoms with Crippen LogP contribution in [0.25, 0.3) is 0 Å². The number of methoxy groups -OCH3 is 1. The van der Waals surface area contributed by atoms with Crippen molar-refractivity contribution >= 4 is 16.2 Å². The van der Waals surface area contributed by atoms with Gasteiger partial charge in [-0.2, -0.15) is 13.2 Å². The van der Waals surface area contributed by atoms with Crippen molar-refractivity contribution < 1.29 is 31.7 Å². The predicted molar refractivity (Wildman–Crippen MR) is 72.9 cm³/mol. The summed E-state index contributed by atoms with van der Waals surface area (Å²) < 4.78 is 32.4. The first kappa shape index (κ1) is 17.4. The second-order valence-electron chi connectivity index (χ2n) is 6.27. The summed E-state index contributed by atoms with van der Waals surface area (Å²) in [5.74, 6) is 0. The quantitative estimate of drug-likeness (QED) is 0.616. The fourth-order valence-electron chi connectivity index (χ4n) is 3.08. The second kappa shape index (κ2) is 5.59. The van der Waals surface area contributed by atoms with Gasteiger partial charge in [-0.15, -0.1) is 0 Å². The maximum Gasteiger partial charge on any atom is 0.514 e. The minimum Gasteiger partial charge on any atom is -0.435 e. The summed E-state index contributed by atoms with van der Waals surface area (Å²) in [4.78, 5) is 11.9. The number of carbonyl (C=O) groups is 1. The van der Waals surface area contributed by atoms with E-state index < -0.39 is 27.9 Å². The van der Waals surface area contributed by atoms with Crippen molar-refractivity contribution in [1.29, 1.82) is 0 Å². The molecule has 1 amide bonds. The molecule has 0 radical (unpaired) electrons. The SMILES string of the molecule is COC[C@H]1C[C@H](OS(C)(=O)=O)C[N+]1(C(=O)O)C(C)(C)C. The van der Waals surface area contributed by atoms with Gasteiger partial charge in [0, 0.05) is 13.5 Å². The summed E-state index contributed by atoms with van der Waals surface area (Å²) in [6, 6.07) is -0.343. The monoisotopic (exact) mass is 310 g/mol. The third-order valence-corrected chi connectivity index (χ3v) is 4.48. The smallest absolute Gasteiger partial charge is 0.435 e. The van der Waals surface area contributed by atoms with E-state index in [1.54, 1.807) is 0 Å². The third kappa shape index (κ3) is 3.30. The molecule has 1 unspecified atom stereocenters. The summed E-state index contributed by atoms with van der Waals surface area (Å²) in [5.41, 5.74) is -0.593. The molecular formula is C12H24NO6S+. The van der Waals surface area contributed by atoms with Crippen LogP contribution in [0.15, 0.2) is 0 Å². The lowest BCUT2D eigenvalue weighted by Crippen LogP contribution is -2.67. The number of ether oxygens (including phenoxy) is 1. The van der Waals surface area contributed by atoms with Crippen LogP contribution < -0.4 is 0 Å². The molecule has 1 N–H and O–H groups in total. The maximum absolute atomic E-state index is 11.9. The Hall–Kier alpha value is -0.700. The fraction of sp³-hybridized carbons (Fsp3) is 0.917. The molecule has 118 valence electrons. The Bertz CT molecular complexity index is 469. The molecule has 0 aromatic rings. The first-order valence-electron chi connectivity index (χ1n) is 6.42. The van der Waals surface area contributed by atoms with Gasteiger partial charge in [0.1, 0.15) is 24.2 Å². The van der Waals surface area contributed by atoms with Crippen molar-refractivity contribution in [3.8, 4) is 0 Å². The molecule has 0 spiro atoms. The standard InChI is InChI=1S/C12H23NO6S/c1-12(2,3)13(11(14)15)7-10(19-20(5,16)17)6-9(13)8-18-4/h9-10H,6-8H2,1-5H3/p+1/t9-,10+,13?/m1/s1. The largest absolute Gasteiger partial charge is 0.514 e. The Morgan fingerprint density at radius 1 is 1.40 bits per heavy atom. The van der Waals surface area contributed by atoms with Gasteiger partial charge in [-0.3, -0.25) is 4.18 Å². The van der Waals surface area contributed by atoms with Crippen molar-refractivity contribution in [2.24, 2.45) is 0 Å². The van der Waals surface area contributed by atoms with Gasteiger partial charge in [-0.1, -0.05) is 0 Å². The van der Waals surface area contributed by atoms with E-state index in [-0.39, 0.29) is 23.7 Å². The van der Waals surface area contributed by atoms with Crippen molar-refractivity contribution in [1.82, 2.24) is 0 Å². The first-order valence-corrected chi connectivity index (χ1v) is 8.24. The molecule has 0 saturated carbocycles. The zero-order chi connectivity index (χ0) is 15.8. The highest BCUT2D eigenvalue weighted by atomic mass is 32.2. The van der Waals surface area contributed by atoms with Crippen LogP contribution >= 0.6 is 0 Å². The summed E-state index contributed by atoms with van der Waals surface area (Å²) in [7, 11) is -2.11. The van der Waals surface area contributed by atoms with E-state index >= 15 is 0 Å². The Labute approximate surface area is 120 Å². The van der Waals surface area contributed by atoms with Crippen LogP contribution in [0.3, 0.4) is 0 Å². The molecule has 1 fully saturated rings. The van der Waals surface area contributed by atoms with Gasteiger partial charge in [0.2, 0.25) is 0 Å². The van der Waals surface area contributed by atoms with Crippen LogP contribution in [-0.2, 0) is 19.0 Å². The van der Waals surface area contributed by atoms with Gasteiger partial charge in [0.05, 0.1) is 12.9 Å². The maximum atomic E-state index is 11.9. The minimum absolute atomic E-state index is 0.111. The topological polar surface area (TPSA) is 89.9 Å². The minimum atomic E-state index is -3.61. The number of nitrogens with zero attached hydrogens (tertiary/aromatic N) is 1. The van der Waals surface area contributed by atoms with E-state index in [0.717, 1.165) is 6.26 Å². The average Bonchev–Trinajstić information content (AvgIpc) is 2.54. The van der Waals surface area contributed by atoms with Crippen molar-refractivity contribution in [2.45, 2.75) is 44.9 Å². The summed E-state index contributed by atoms with van der Waals surface area (Å²) in [6.45, 7) is 5.83. The molecule has 3 atom stereocenters. The Kier molecular flexibility index (Phi) is 4.85. The highest BCUT2D eigenvalue weighted by molar-refractivity contribution is 7.86. The van der Waals surface area contributed by atoms with E-state index in [1.807, 2.05) is 20.8 Å². The zero-order valence-electron chi connectivity index (χ0n) is 12.6. The molecule has 0 aromatic heterocycles. The van der Waals surface area contributed by atoms with Gasteiger partial charge < -0.3 is 9.84 Å². The molecule has 1 aliphatic heterocycles. The molecule has 0 bridgehead atoms. The van der Waals surface area contributed by atoms with E-state index in [1.165, 1.54) is 7.11 Å². The average molecular weight is 310 g/mol. The molecule has 8 heteroatoms. The van der Waals surface area contributed by atoms with Crippen molar-refractivity contribution in [3.05, 3.63) is 0 Å². The Morgan fingerprint density at radius 2 is 1.95 bits per heavy atom. The van der Waals surface area contributed by atoms with Crippen LogP contribution in [0.2, 0.25) is 0 Å². The Morgan fingerprint density at radius 3 is 2.30 bits per heavy atom. The van der Waals surface area contributed by atoms with Gasteiger partial charge in [-0.25, -0.2) is 4.48 Å². The number of carboxylic acid groups (broad SMARTS) is 1. The lowest BCUT2D eigenvalue weighted by molar-refractivity contribution is -0.915. The number of quaternary nitrogens is 1. The van der Waals surface area contributed by atoms with Crippen molar-refractivity contribution in [2.75, 3.05) is 26.5 Å². The molecule has 1 heterocycles. The van der Waals surface area contributed by atoms with Gasteiger partial charge in [0.15, 0.2) is 0 Å². The molecule has 0 aliphatic carbocycles. The second-order valence-corrected chi connectivity index (χ2v) is 7.87. The van der Waals surface area contributed by atoms with Gasteiger partial charge in [-0.05, 0) is 20.8 Å². The first-order chi connectivity index (χ1) is 8.94. The zero-order valence-corrected chi connectivity index (χ0v) is 13.4. The molecular weight excluding hydrogens is 286 g/mol. The number of rotatable bonds is 4. The summed E-state index contributed by atoms with van der Waals surface area (Å²) in [6.07, 6.45) is -0.312. The highest BCUT2D eigenvalue weighted by Gasteiger charge is 2.60. The van der Waals surface area contributed by atoms with Crippen LogP contribution in [0.1, 0.15) is 27.2 Å². The fourth-order valence-corrected chi connectivity index (χ4v) is 3.71. The van der Waals surface area contributed by atoms with Crippen LogP contribution in [0, 0.1) is 0 Å². The third-order valence-electron chi connectivity index (χ3n) is 3.86. The normalized spacial score (nSPS) is 31.4. The van der Waals surface area contributed by atoms with Crippen molar-refractivity contribution in [3.63, 3.8) is 0 Å². The van der Waals surface area contributed by atoms with E-state index in [4.69, 9.17) is 8.92 Å². The van der Waals surface area contributed by atoms with Gasteiger partial charge in [0.25, 0.3) is 10.1 Å². The van der Waals surface area contributed by atoms with Crippen LogP contribution in [0.5, 0.6) is 0 Å². The molecule has 1 rings (SSSR count). The molecule has 20 heavy (non-hydrogen) atoms. The number of hydrogen-bond donors (Lipinski definition) is 1. The number of hydrogen-bond acceptors (Lipinski definition) is 5. The predicted octanol–water partition coefficient (Wildman–Crippen LogP) is 1.04. The van der Waals surface area contributed by atoms with Crippen LogP contribution in [-0.4, -0.2) is 68.3 Å². The lowest BCUT2D eigenvalue weighted by Gasteiger charge is -2.44. The van der Waals surface area contributed by atoms with E-state index in [9.17, 15) is 18.3 Å². The van der Waals surface area contributed by atoms with E-state index in [0.29, 0.717) is 6.42 Å². The summed E-state index contributed by atoms with van der Waals surface area (Å²) >= 11 is 0.